The fraction of sp³-hybridized carbons (Fsp3) is 0.462. The summed E-state index contributed by atoms with van der Waals surface area (Å²) in [6, 6.07) is 7.11. The molecule has 462 valence electrons. The molecule has 3 aromatic rings. The zero-order chi connectivity index (χ0) is 63.0. The molecule has 3 rings (SSSR count). The molecule has 16 N–H and O–H groups in total. The van der Waals surface area contributed by atoms with Crippen LogP contribution in [0.25, 0.3) is 0 Å². The van der Waals surface area contributed by atoms with Gasteiger partial charge in [0.2, 0.25) is 23.6 Å². The number of amides is 8. The van der Waals surface area contributed by atoms with Crippen molar-refractivity contribution in [1.82, 2.24) is 21.3 Å². The summed E-state index contributed by atoms with van der Waals surface area (Å²) in [6.07, 6.45) is -11.1. The number of hydrogen-bond donors (Lipinski definition) is 12. The van der Waals surface area contributed by atoms with Gasteiger partial charge in [-0.2, -0.15) is 26.3 Å². The van der Waals surface area contributed by atoms with E-state index in [0.717, 1.165) is 29.6 Å². The van der Waals surface area contributed by atoms with E-state index in [1.807, 2.05) is 0 Å². The highest BCUT2D eigenvalue weighted by Gasteiger charge is 2.35. The predicted octanol–water partition coefficient (Wildman–Crippen LogP) is 6.46. The Morgan fingerprint density at radius 2 is 0.833 bits per heavy atom. The summed E-state index contributed by atoms with van der Waals surface area (Å²) >= 11 is 1.65. The Labute approximate surface area is 488 Å². The Bertz CT molecular complexity index is 2700. The first-order valence-corrected chi connectivity index (χ1v) is 27.7. The molecule has 0 spiro atoms. The van der Waals surface area contributed by atoms with Gasteiger partial charge in [0, 0.05) is 61.7 Å². The van der Waals surface area contributed by atoms with Gasteiger partial charge < -0.3 is 74.9 Å². The molecule has 0 bridgehead atoms. The number of thioether (sulfide) groups is 2. The molecule has 0 fully saturated rings. The highest BCUT2D eigenvalue weighted by Crippen LogP contribution is 2.43. The highest BCUT2D eigenvalue weighted by molar-refractivity contribution is 7.99. The van der Waals surface area contributed by atoms with Gasteiger partial charge in [-0.15, -0.1) is 23.5 Å². The number of halogens is 6. The average Bonchev–Trinajstić information content (AvgIpc) is 3.06. The number of nitrogens with two attached hydrogens (primary N) is 4. The number of benzene rings is 3. The summed E-state index contributed by atoms with van der Waals surface area (Å²) < 4.78 is 97.6. The monoisotopic (exact) mass is 1230 g/mol. The van der Waals surface area contributed by atoms with Crippen LogP contribution in [0.3, 0.4) is 0 Å². The third kappa shape index (κ3) is 27.3. The van der Waals surface area contributed by atoms with Gasteiger partial charge in [0.15, 0.2) is 11.9 Å². The lowest BCUT2D eigenvalue weighted by molar-refractivity contribution is -0.138. The van der Waals surface area contributed by atoms with E-state index in [2.05, 4.69) is 52.5 Å². The van der Waals surface area contributed by atoms with E-state index >= 15 is 0 Å². The average molecular weight is 1230 g/mol. The topological polar surface area (TPSA) is 380 Å². The van der Waals surface area contributed by atoms with Gasteiger partial charge in [0.25, 0.3) is 11.8 Å². The van der Waals surface area contributed by atoms with Crippen molar-refractivity contribution in [1.29, 1.82) is 0 Å². The fourth-order valence-electron chi connectivity index (χ4n) is 6.84. The van der Waals surface area contributed by atoms with E-state index in [-0.39, 0.29) is 108 Å². The molecule has 0 atom stereocenters. The minimum absolute atomic E-state index is 0.0761. The van der Waals surface area contributed by atoms with Crippen molar-refractivity contribution in [3.63, 3.8) is 0 Å². The van der Waals surface area contributed by atoms with Gasteiger partial charge in [-0.05, 0) is 110 Å². The summed E-state index contributed by atoms with van der Waals surface area (Å²) in [5.74, 6) is -5.46. The maximum Gasteiger partial charge on any atom is 0.416 e. The molecule has 0 aliphatic carbocycles. The summed E-state index contributed by atoms with van der Waals surface area (Å²) in [5.41, 5.74) is 14.7. The minimum atomic E-state index is -5.04. The SMILES string of the molecule is CC(C)(C)OC(=O)NCC(=O)NCCSc1c(NC(=O)CCCCN=C(N)N)cc(C(F)(F)F)cc1NC(=O)c1cccc(C(=O)Nc2cc(C(F)(F)F)cc(NC(=O)CCCCN=C(N)N)c2SCCNC(=O)CNC(=O)OC(C)(C)C)c1. The van der Waals surface area contributed by atoms with Crippen molar-refractivity contribution in [3.05, 3.63) is 70.8 Å². The summed E-state index contributed by atoms with van der Waals surface area (Å²) in [5, 5.41) is 19.4. The smallest absolute Gasteiger partial charge is 0.416 e. The molecule has 0 saturated carbocycles. The molecule has 84 heavy (non-hydrogen) atoms. The van der Waals surface area contributed by atoms with E-state index in [4.69, 9.17) is 32.4 Å². The lowest BCUT2D eigenvalue weighted by atomic mass is 10.1. The molecular formula is C52H70F6N14O10S2. The third-order valence-electron chi connectivity index (χ3n) is 10.4. The van der Waals surface area contributed by atoms with Gasteiger partial charge in [-0.3, -0.25) is 38.8 Å². The molecule has 0 heterocycles. The van der Waals surface area contributed by atoms with Crippen LogP contribution < -0.4 is 65.5 Å². The molecule has 0 unspecified atom stereocenters. The molecule has 0 radical (unpaired) electrons. The zero-order valence-corrected chi connectivity index (χ0v) is 48.5. The first-order valence-electron chi connectivity index (χ1n) is 25.8. The number of guanidine groups is 2. The predicted molar refractivity (Wildman–Crippen MR) is 307 cm³/mol. The first-order chi connectivity index (χ1) is 39.1. The van der Waals surface area contributed by atoms with E-state index in [1.54, 1.807) is 41.5 Å². The molecule has 0 saturated heterocycles. The number of anilines is 4. The molecule has 8 amide bonds. The maximum absolute atomic E-state index is 14.6. The maximum atomic E-state index is 14.6. The van der Waals surface area contributed by atoms with Crippen LogP contribution in [0.1, 0.15) is 112 Å². The number of alkyl carbamates (subject to hydrolysis) is 2. The number of carbonyl (C=O) groups excluding carboxylic acids is 8. The van der Waals surface area contributed by atoms with Crippen molar-refractivity contribution in [2.24, 2.45) is 32.9 Å². The van der Waals surface area contributed by atoms with Crippen LogP contribution in [0.5, 0.6) is 0 Å². The van der Waals surface area contributed by atoms with E-state index in [9.17, 15) is 64.7 Å². The van der Waals surface area contributed by atoms with Crippen LogP contribution in [0.4, 0.5) is 58.7 Å². The summed E-state index contributed by atoms with van der Waals surface area (Å²) in [4.78, 5) is 111. The summed E-state index contributed by atoms with van der Waals surface area (Å²) in [6.45, 7) is 8.76. The Hall–Kier alpha value is -8.16. The number of ether oxygens (including phenoxy) is 2. The molecule has 24 nitrogen and oxygen atoms in total. The van der Waals surface area contributed by atoms with E-state index < -0.39 is 107 Å². The second kappa shape index (κ2) is 32.6. The second-order valence-electron chi connectivity index (χ2n) is 20.0. The summed E-state index contributed by atoms with van der Waals surface area (Å²) in [7, 11) is 0. The van der Waals surface area contributed by atoms with Crippen molar-refractivity contribution in [2.75, 3.05) is 72.0 Å². The molecule has 0 aromatic heterocycles. The zero-order valence-electron chi connectivity index (χ0n) is 46.9. The van der Waals surface area contributed by atoms with Crippen LogP contribution in [0.15, 0.2) is 68.3 Å². The number of aliphatic imine (C=N–C) groups is 2. The number of hydrogen-bond acceptors (Lipinski definition) is 14. The number of alkyl halides is 6. The molecule has 0 aliphatic rings. The molecule has 3 aromatic carbocycles. The van der Waals surface area contributed by atoms with Crippen LogP contribution in [0.2, 0.25) is 0 Å². The van der Waals surface area contributed by atoms with Gasteiger partial charge in [0.05, 0.1) is 56.8 Å². The molecule has 0 aliphatic heterocycles. The lowest BCUT2D eigenvalue weighted by Gasteiger charge is -2.20. The quantitative estimate of drug-likeness (QED) is 0.0122. The Morgan fingerprint density at radius 3 is 1.15 bits per heavy atom. The van der Waals surface area contributed by atoms with Crippen LogP contribution >= 0.6 is 23.5 Å². The first kappa shape index (κ1) is 70.1. The van der Waals surface area contributed by atoms with Crippen molar-refractivity contribution in [3.8, 4) is 0 Å². The Kier molecular flexibility index (Phi) is 27.2. The van der Waals surface area contributed by atoms with Gasteiger partial charge >= 0.3 is 24.5 Å². The largest absolute Gasteiger partial charge is 0.444 e. The highest BCUT2D eigenvalue weighted by atomic mass is 32.2. The van der Waals surface area contributed by atoms with Gasteiger partial charge in [-0.1, -0.05) is 6.07 Å². The van der Waals surface area contributed by atoms with Crippen molar-refractivity contribution >= 4 is 106 Å². The lowest BCUT2D eigenvalue weighted by Crippen LogP contribution is -2.40. The van der Waals surface area contributed by atoms with E-state index in [0.29, 0.717) is 37.1 Å². The number of carbonyl (C=O) groups is 8. The molecule has 32 heteroatoms. The van der Waals surface area contributed by atoms with Crippen molar-refractivity contribution < 1.29 is 74.2 Å². The molecular weight excluding hydrogens is 1160 g/mol. The van der Waals surface area contributed by atoms with E-state index in [1.165, 1.54) is 18.2 Å². The fourth-order valence-corrected chi connectivity index (χ4v) is 8.72. The number of unbranched alkanes of at least 4 members (excludes halogenated alkanes) is 2. The van der Waals surface area contributed by atoms with Crippen LogP contribution in [-0.4, -0.2) is 122 Å². The Morgan fingerprint density at radius 1 is 0.488 bits per heavy atom. The van der Waals surface area contributed by atoms with Crippen LogP contribution in [-0.2, 0) is 41.0 Å². The standard InChI is InChI=1S/C52H70F6N14O10S2/c1-49(2,3)81-47(79)67-27-39(75)63-18-20-83-41-33(69-37(73)14-7-9-16-65-45(59)60)23-31(51(53,54)55)25-35(41)71-43(77)29-12-11-13-30(22-29)44(78)72-36-26-32(52(56,57)58)24-34(70-38(74)15-8-10-17-66-46(61)62)42(36)84-21-19-64-40(76)28-68-48(80)82-50(4,5)6/h11-13,22-26H,7-10,14-21,27-28H2,1-6H3,(H,63,75)(H,64,76)(H,67,79)(H,68,80)(H,69,73)(H,70,74)(H,71,77)(H,72,78)(H4,59,60,65)(H4,61,62,66). The third-order valence-corrected chi connectivity index (χ3v) is 12.7. The number of nitrogens with one attached hydrogen (secondary N) is 8. The second-order valence-corrected chi connectivity index (χ2v) is 22.2. The normalized spacial score (nSPS) is 11.5. The van der Waals surface area contributed by atoms with Crippen LogP contribution in [0, 0.1) is 0 Å². The van der Waals surface area contributed by atoms with Crippen molar-refractivity contribution in [2.45, 2.75) is 113 Å². The number of rotatable bonds is 28. The van der Waals surface area contributed by atoms with Gasteiger partial charge in [0.1, 0.15) is 11.2 Å². The minimum Gasteiger partial charge on any atom is -0.444 e. The van der Waals surface area contributed by atoms with Gasteiger partial charge in [-0.25, -0.2) is 9.59 Å². The Balaban J connectivity index is 2.02. The number of nitrogens with zero attached hydrogens (tertiary/aromatic N) is 2.